The smallest absolute Gasteiger partial charge is 0.251 e. The topological polar surface area (TPSA) is 58.2 Å². The second kappa shape index (κ2) is 7.50. The maximum atomic E-state index is 12.3. The molecule has 2 N–H and O–H groups in total. The molecule has 0 saturated heterocycles. The highest BCUT2D eigenvalue weighted by Gasteiger charge is 2.25. The molecule has 0 bridgehead atoms. The second-order valence-corrected chi connectivity index (χ2v) is 6.47. The minimum Gasteiger partial charge on any atom is -0.348 e. The van der Waals surface area contributed by atoms with Gasteiger partial charge in [-0.05, 0) is 43.4 Å². The van der Waals surface area contributed by atoms with Crippen LogP contribution in [0.5, 0.6) is 0 Å². The molecule has 1 aromatic rings. The lowest BCUT2D eigenvalue weighted by Crippen LogP contribution is -2.43. The average Bonchev–Trinajstić information content (AvgIpc) is 2.48. The standard InChI is InChI=1S/C16H22N2O2S/c1-11(19)17-13-9-7-12(8-10-13)16(20)18-14-5-3-4-6-15(14)21-2/h7-10,14-15H,3-6H2,1-2H3,(H,17,19)(H,18,20)/t14-,15+/m1/s1. The zero-order valence-electron chi connectivity index (χ0n) is 12.5. The van der Waals surface area contributed by atoms with E-state index >= 15 is 0 Å². The Balaban J connectivity index is 1.97. The van der Waals surface area contributed by atoms with Gasteiger partial charge in [-0.25, -0.2) is 0 Å². The highest BCUT2D eigenvalue weighted by molar-refractivity contribution is 7.99. The van der Waals surface area contributed by atoms with Crippen LogP contribution in [0.15, 0.2) is 24.3 Å². The molecule has 21 heavy (non-hydrogen) atoms. The van der Waals surface area contributed by atoms with E-state index in [0.29, 0.717) is 16.5 Å². The molecule has 5 heteroatoms. The van der Waals surface area contributed by atoms with Crippen molar-refractivity contribution in [2.75, 3.05) is 11.6 Å². The predicted octanol–water partition coefficient (Wildman–Crippen LogP) is 3.05. The van der Waals surface area contributed by atoms with Crippen LogP contribution in [0.1, 0.15) is 43.0 Å². The molecule has 1 fully saturated rings. The van der Waals surface area contributed by atoms with E-state index in [2.05, 4.69) is 16.9 Å². The van der Waals surface area contributed by atoms with Crippen molar-refractivity contribution in [3.05, 3.63) is 29.8 Å². The lowest BCUT2D eigenvalue weighted by atomic mass is 9.94. The Morgan fingerprint density at radius 1 is 1.14 bits per heavy atom. The van der Waals surface area contributed by atoms with E-state index in [1.54, 1.807) is 24.3 Å². The van der Waals surface area contributed by atoms with Gasteiger partial charge in [-0.15, -0.1) is 0 Å². The number of hydrogen-bond donors (Lipinski definition) is 2. The van der Waals surface area contributed by atoms with Crippen molar-refractivity contribution >= 4 is 29.3 Å². The van der Waals surface area contributed by atoms with Gasteiger partial charge in [0.05, 0.1) is 0 Å². The molecule has 2 rings (SSSR count). The van der Waals surface area contributed by atoms with E-state index in [1.165, 1.54) is 26.2 Å². The number of hydrogen-bond acceptors (Lipinski definition) is 3. The molecule has 1 saturated carbocycles. The van der Waals surface area contributed by atoms with Crippen LogP contribution in [-0.2, 0) is 4.79 Å². The van der Waals surface area contributed by atoms with Gasteiger partial charge < -0.3 is 10.6 Å². The van der Waals surface area contributed by atoms with Gasteiger partial charge >= 0.3 is 0 Å². The maximum absolute atomic E-state index is 12.3. The molecule has 0 unspecified atom stereocenters. The molecular weight excluding hydrogens is 284 g/mol. The van der Waals surface area contributed by atoms with Crippen LogP contribution in [-0.4, -0.2) is 29.4 Å². The van der Waals surface area contributed by atoms with E-state index in [9.17, 15) is 9.59 Å². The first-order valence-electron chi connectivity index (χ1n) is 7.31. The average molecular weight is 306 g/mol. The largest absolute Gasteiger partial charge is 0.348 e. The van der Waals surface area contributed by atoms with Gasteiger partial charge in [0.15, 0.2) is 0 Å². The number of rotatable bonds is 4. The van der Waals surface area contributed by atoms with Crippen LogP contribution in [0.4, 0.5) is 5.69 Å². The summed E-state index contributed by atoms with van der Waals surface area (Å²) in [6, 6.07) is 7.26. The molecule has 1 aliphatic carbocycles. The van der Waals surface area contributed by atoms with E-state index in [4.69, 9.17) is 0 Å². The summed E-state index contributed by atoms with van der Waals surface area (Å²) in [5.41, 5.74) is 1.34. The molecule has 0 radical (unpaired) electrons. The van der Waals surface area contributed by atoms with Crippen molar-refractivity contribution in [1.82, 2.24) is 5.32 Å². The molecule has 2 atom stereocenters. The third-order valence-corrected chi connectivity index (χ3v) is 4.96. The number of carbonyl (C=O) groups excluding carboxylic acids is 2. The minimum atomic E-state index is -0.114. The van der Waals surface area contributed by atoms with Crippen molar-refractivity contribution in [3.63, 3.8) is 0 Å². The van der Waals surface area contributed by atoms with Gasteiger partial charge in [0.25, 0.3) is 5.91 Å². The SMILES string of the molecule is CS[C@H]1CCCC[C@H]1NC(=O)c1ccc(NC(C)=O)cc1. The van der Waals surface area contributed by atoms with Crippen LogP contribution in [0.2, 0.25) is 0 Å². The summed E-state index contributed by atoms with van der Waals surface area (Å²) in [6.07, 6.45) is 6.78. The first-order chi connectivity index (χ1) is 10.1. The normalized spacial score (nSPS) is 21.6. The van der Waals surface area contributed by atoms with E-state index in [1.807, 2.05) is 11.8 Å². The monoisotopic (exact) mass is 306 g/mol. The van der Waals surface area contributed by atoms with Gasteiger partial charge in [-0.1, -0.05) is 12.8 Å². The van der Waals surface area contributed by atoms with Gasteiger partial charge in [0, 0.05) is 29.5 Å². The van der Waals surface area contributed by atoms with Crippen LogP contribution < -0.4 is 10.6 Å². The second-order valence-electron chi connectivity index (χ2n) is 5.40. The lowest BCUT2D eigenvalue weighted by molar-refractivity contribution is -0.114. The van der Waals surface area contributed by atoms with Crippen molar-refractivity contribution < 1.29 is 9.59 Å². The van der Waals surface area contributed by atoms with Crippen LogP contribution >= 0.6 is 11.8 Å². The lowest BCUT2D eigenvalue weighted by Gasteiger charge is -2.30. The first-order valence-corrected chi connectivity index (χ1v) is 8.60. The summed E-state index contributed by atoms with van der Waals surface area (Å²) < 4.78 is 0. The van der Waals surface area contributed by atoms with Crippen molar-refractivity contribution in [2.45, 2.75) is 43.9 Å². The number of amides is 2. The maximum Gasteiger partial charge on any atom is 0.251 e. The number of thioether (sulfide) groups is 1. The summed E-state index contributed by atoms with van der Waals surface area (Å²) >= 11 is 1.84. The fraction of sp³-hybridized carbons (Fsp3) is 0.500. The fourth-order valence-corrected chi connectivity index (χ4v) is 3.64. The van der Waals surface area contributed by atoms with Gasteiger partial charge in [0.1, 0.15) is 0 Å². The molecule has 4 nitrogen and oxygen atoms in total. The Kier molecular flexibility index (Phi) is 5.67. The Morgan fingerprint density at radius 2 is 1.81 bits per heavy atom. The Hall–Kier alpha value is -1.49. The van der Waals surface area contributed by atoms with E-state index < -0.39 is 0 Å². The fourth-order valence-electron chi connectivity index (χ4n) is 2.70. The Bertz CT molecular complexity index is 502. The first kappa shape index (κ1) is 15.9. The number of anilines is 1. The molecule has 0 heterocycles. The molecular formula is C16H22N2O2S. The molecule has 1 aliphatic rings. The zero-order chi connectivity index (χ0) is 15.2. The van der Waals surface area contributed by atoms with Gasteiger partial charge in [-0.2, -0.15) is 11.8 Å². The molecule has 0 aromatic heterocycles. The molecule has 114 valence electrons. The minimum absolute atomic E-state index is 0.0321. The zero-order valence-corrected chi connectivity index (χ0v) is 13.3. The Labute approximate surface area is 130 Å². The molecule has 2 amide bonds. The summed E-state index contributed by atoms with van der Waals surface area (Å²) in [7, 11) is 0. The summed E-state index contributed by atoms with van der Waals surface area (Å²) in [4.78, 5) is 23.3. The van der Waals surface area contributed by atoms with Crippen molar-refractivity contribution in [3.8, 4) is 0 Å². The van der Waals surface area contributed by atoms with Crippen molar-refractivity contribution in [1.29, 1.82) is 0 Å². The highest BCUT2D eigenvalue weighted by atomic mass is 32.2. The van der Waals surface area contributed by atoms with E-state index in [0.717, 1.165) is 6.42 Å². The summed E-state index contributed by atoms with van der Waals surface area (Å²) in [6.45, 7) is 1.46. The third kappa shape index (κ3) is 4.49. The molecule has 0 spiro atoms. The number of carbonyl (C=O) groups is 2. The van der Waals surface area contributed by atoms with Gasteiger partial charge in [0.2, 0.25) is 5.91 Å². The van der Waals surface area contributed by atoms with Crippen LogP contribution in [0, 0.1) is 0 Å². The summed E-state index contributed by atoms with van der Waals surface area (Å²) in [5, 5.41) is 6.36. The molecule has 1 aromatic carbocycles. The number of benzene rings is 1. The third-order valence-electron chi connectivity index (χ3n) is 3.79. The van der Waals surface area contributed by atoms with E-state index in [-0.39, 0.29) is 17.9 Å². The Morgan fingerprint density at radius 3 is 2.43 bits per heavy atom. The van der Waals surface area contributed by atoms with Crippen molar-refractivity contribution in [2.24, 2.45) is 0 Å². The van der Waals surface area contributed by atoms with Crippen LogP contribution in [0.3, 0.4) is 0 Å². The predicted molar refractivity (Wildman–Crippen MR) is 87.8 cm³/mol. The van der Waals surface area contributed by atoms with Gasteiger partial charge in [-0.3, -0.25) is 9.59 Å². The van der Waals surface area contributed by atoms with Crippen LogP contribution in [0.25, 0.3) is 0 Å². The summed E-state index contributed by atoms with van der Waals surface area (Å²) in [5.74, 6) is -0.146. The highest BCUT2D eigenvalue weighted by Crippen LogP contribution is 2.27. The molecule has 0 aliphatic heterocycles. The number of nitrogens with one attached hydrogen (secondary N) is 2. The quantitative estimate of drug-likeness (QED) is 0.899.